The van der Waals surface area contributed by atoms with Gasteiger partial charge in [0.2, 0.25) is 5.91 Å². The number of hydrogen-bond donors (Lipinski definition) is 2. The summed E-state index contributed by atoms with van der Waals surface area (Å²) in [6.07, 6.45) is 0. The van der Waals surface area contributed by atoms with Crippen LogP contribution in [-0.4, -0.2) is 16.8 Å². The molecule has 2 heterocycles. The van der Waals surface area contributed by atoms with Crippen molar-refractivity contribution >= 4 is 40.2 Å². The number of carbonyl (C=O) groups is 2. The second-order valence-electron chi connectivity index (χ2n) is 5.39. The lowest BCUT2D eigenvalue weighted by atomic mass is 10.1. The molecule has 128 valence electrons. The van der Waals surface area contributed by atoms with E-state index in [0.29, 0.717) is 10.6 Å². The third kappa shape index (κ3) is 3.45. The number of carbonyl (C=O) groups excluding carboxylic acids is 2. The van der Waals surface area contributed by atoms with E-state index in [9.17, 15) is 14.0 Å². The van der Waals surface area contributed by atoms with Crippen molar-refractivity contribution in [3.8, 4) is 10.6 Å². The van der Waals surface area contributed by atoms with Gasteiger partial charge in [-0.05, 0) is 37.4 Å². The molecular formula is C17H14FN3O2S2. The maximum absolute atomic E-state index is 14.0. The van der Waals surface area contributed by atoms with Crippen molar-refractivity contribution in [3.63, 3.8) is 0 Å². The molecular weight excluding hydrogens is 361 g/mol. The first-order chi connectivity index (χ1) is 11.9. The molecule has 1 aromatic carbocycles. The number of halogens is 1. The number of anilines is 1. The van der Waals surface area contributed by atoms with Gasteiger partial charge in [-0.1, -0.05) is 0 Å². The van der Waals surface area contributed by atoms with Crippen molar-refractivity contribution in [3.05, 3.63) is 56.5 Å². The molecule has 0 saturated carbocycles. The smallest absolute Gasteiger partial charge is 0.267 e. The number of primary amides is 1. The molecule has 0 saturated heterocycles. The third-order valence-electron chi connectivity index (χ3n) is 3.65. The average molecular weight is 375 g/mol. The number of nitrogens with zero attached hydrogens (tertiary/aromatic N) is 1. The van der Waals surface area contributed by atoms with Crippen LogP contribution in [0.25, 0.3) is 10.6 Å². The third-order valence-corrected chi connectivity index (χ3v) is 5.54. The molecule has 3 N–H and O–H groups in total. The topological polar surface area (TPSA) is 85.1 Å². The van der Waals surface area contributed by atoms with Crippen LogP contribution in [0.5, 0.6) is 0 Å². The largest absolute Gasteiger partial charge is 0.366 e. The molecule has 2 amide bonds. The Bertz CT molecular complexity index is 965. The highest BCUT2D eigenvalue weighted by Crippen LogP contribution is 2.30. The summed E-state index contributed by atoms with van der Waals surface area (Å²) in [5.74, 6) is -1.77. The zero-order valence-electron chi connectivity index (χ0n) is 13.4. The van der Waals surface area contributed by atoms with E-state index in [-0.39, 0.29) is 16.8 Å². The highest BCUT2D eigenvalue weighted by Gasteiger charge is 2.19. The summed E-state index contributed by atoms with van der Waals surface area (Å²) in [4.78, 5) is 28.7. The van der Waals surface area contributed by atoms with E-state index in [1.54, 1.807) is 18.3 Å². The Kier molecular flexibility index (Phi) is 4.65. The monoisotopic (exact) mass is 375 g/mol. The minimum absolute atomic E-state index is 0.00149. The molecule has 0 atom stereocenters. The molecule has 0 spiro atoms. The Labute approximate surface area is 151 Å². The molecule has 0 unspecified atom stereocenters. The summed E-state index contributed by atoms with van der Waals surface area (Å²) in [7, 11) is 0. The van der Waals surface area contributed by atoms with Crippen LogP contribution in [0.3, 0.4) is 0 Å². The Balaban J connectivity index is 1.92. The fourth-order valence-electron chi connectivity index (χ4n) is 2.25. The van der Waals surface area contributed by atoms with Gasteiger partial charge in [-0.25, -0.2) is 9.37 Å². The van der Waals surface area contributed by atoms with Gasteiger partial charge in [0, 0.05) is 27.8 Å². The number of amides is 2. The highest BCUT2D eigenvalue weighted by atomic mass is 32.1. The van der Waals surface area contributed by atoms with E-state index < -0.39 is 17.6 Å². The number of aromatic nitrogens is 1. The summed E-state index contributed by atoms with van der Waals surface area (Å²) in [6.45, 7) is 3.26. The number of nitrogens with one attached hydrogen (secondary N) is 1. The lowest BCUT2D eigenvalue weighted by Gasteiger charge is -2.10. The van der Waals surface area contributed by atoms with Crippen molar-refractivity contribution in [1.29, 1.82) is 0 Å². The van der Waals surface area contributed by atoms with Gasteiger partial charge in [0.25, 0.3) is 5.91 Å². The van der Waals surface area contributed by atoms with E-state index in [4.69, 9.17) is 5.73 Å². The lowest BCUT2D eigenvalue weighted by Crippen LogP contribution is -2.16. The molecule has 5 nitrogen and oxygen atoms in total. The minimum Gasteiger partial charge on any atom is -0.366 e. The van der Waals surface area contributed by atoms with Crippen LogP contribution < -0.4 is 11.1 Å². The molecule has 2 aromatic heterocycles. The van der Waals surface area contributed by atoms with Crippen molar-refractivity contribution in [2.24, 2.45) is 5.73 Å². The Morgan fingerprint density at radius 2 is 2.04 bits per heavy atom. The van der Waals surface area contributed by atoms with Crippen LogP contribution in [0.1, 0.15) is 31.3 Å². The quantitative estimate of drug-likeness (QED) is 0.723. The average Bonchev–Trinajstić information content (AvgIpc) is 3.20. The number of benzene rings is 1. The number of thiophene rings is 1. The number of thiazole rings is 1. The summed E-state index contributed by atoms with van der Waals surface area (Å²) in [5.41, 5.74) is 7.19. The highest BCUT2D eigenvalue weighted by molar-refractivity contribution is 7.17. The number of nitrogens with two attached hydrogens (primary N) is 1. The normalized spacial score (nSPS) is 10.7. The second kappa shape index (κ2) is 6.73. The molecule has 0 aliphatic rings. The Hall–Kier alpha value is -2.58. The van der Waals surface area contributed by atoms with Crippen LogP contribution in [-0.2, 0) is 0 Å². The second-order valence-corrected chi connectivity index (χ2v) is 7.17. The summed E-state index contributed by atoms with van der Waals surface area (Å²) < 4.78 is 14.0. The van der Waals surface area contributed by atoms with Crippen molar-refractivity contribution in [1.82, 2.24) is 4.98 Å². The zero-order chi connectivity index (χ0) is 18.1. The van der Waals surface area contributed by atoms with E-state index >= 15 is 0 Å². The van der Waals surface area contributed by atoms with E-state index in [1.165, 1.54) is 24.3 Å². The van der Waals surface area contributed by atoms with E-state index in [1.807, 2.05) is 16.8 Å². The molecule has 0 fully saturated rings. The van der Waals surface area contributed by atoms with Crippen LogP contribution >= 0.6 is 22.7 Å². The maximum Gasteiger partial charge on any atom is 0.267 e. The van der Waals surface area contributed by atoms with Crippen LogP contribution in [0, 0.1) is 19.7 Å². The van der Waals surface area contributed by atoms with Gasteiger partial charge in [0.1, 0.15) is 15.7 Å². The number of hydrogen-bond acceptors (Lipinski definition) is 5. The molecule has 0 bridgehead atoms. The molecule has 8 heteroatoms. The first-order valence-electron chi connectivity index (χ1n) is 7.28. The predicted octanol–water partition coefficient (Wildman–Crippen LogP) is 3.98. The predicted molar refractivity (Wildman–Crippen MR) is 97.8 cm³/mol. The molecule has 3 aromatic rings. The van der Waals surface area contributed by atoms with Gasteiger partial charge in [0.15, 0.2) is 0 Å². The standard InChI is InChI=1S/C17H14FN3O2S2/c1-8-12(18)5-11(15(19)22)6-13(8)21-16(23)14-9(2)20-17(25-14)10-3-4-24-7-10/h3-7H,1-2H3,(H2,19,22)(H,21,23). The molecule has 3 rings (SSSR count). The first kappa shape index (κ1) is 17.2. The number of aryl methyl sites for hydroxylation is 1. The van der Waals surface area contributed by atoms with Crippen LogP contribution in [0.2, 0.25) is 0 Å². The van der Waals surface area contributed by atoms with E-state index in [2.05, 4.69) is 10.3 Å². The zero-order valence-corrected chi connectivity index (χ0v) is 15.1. The van der Waals surface area contributed by atoms with Gasteiger partial charge >= 0.3 is 0 Å². The SMILES string of the molecule is Cc1nc(-c2ccsc2)sc1C(=O)Nc1cc(C(N)=O)cc(F)c1C. The molecule has 0 aliphatic carbocycles. The van der Waals surface area contributed by atoms with E-state index in [0.717, 1.165) is 16.6 Å². The molecule has 0 aliphatic heterocycles. The van der Waals surface area contributed by atoms with Crippen molar-refractivity contribution in [2.45, 2.75) is 13.8 Å². The van der Waals surface area contributed by atoms with Gasteiger partial charge < -0.3 is 11.1 Å². The van der Waals surface area contributed by atoms with Gasteiger partial charge in [0.05, 0.1) is 5.69 Å². The minimum atomic E-state index is -0.761. The summed E-state index contributed by atoms with van der Waals surface area (Å²) in [6, 6.07) is 4.36. The molecule has 0 radical (unpaired) electrons. The van der Waals surface area contributed by atoms with Crippen molar-refractivity contribution < 1.29 is 14.0 Å². The fraction of sp³-hybridized carbons (Fsp3) is 0.118. The van der Waals surface area contributed by atoms with Crippen LogP contribution in [0.4, 0.5) is 10.1 Å². The van der Waals surface area contributed by atoms with Crippen molar-refractivity contribution in [2.75, 3.05) is 5.32 Å². The molecule has 25 heavy (non-hydrogen) atoms. The van der Waals surface area contributed by atoms with Gasteiger partial charge in [-0.2, -0.15) is 11.3 Å². The first-order valence-corrected chi connectivity index (χ1v) is 9.04. The Morgan fingerprint density at radius 1 is 1.28 bits per heavy atom. The van der Waals surface area contributed by atoms with Gasteiger partial charge in [-0.15, -0.1) is 11.3 Å². The summed E-state index contributed by atoms with van der Waals surface area (Å²) >= 11 is 2.81. The van der Waals surface area contributed by atoms with Gasteiger partial charge in [-0.3, -0.25) is 9.59 Å². The maximum atomic E-state index is 14.0. The Morgan fingerprint density at radius 3 is 2.68 bits per heavy atom. The number of rotatable bonds is 4. The summed E-state index contributed by atoms with van der Waals surface area (Å²) in [5, 5.41) is 7.29. The fourth-order valence-corrected chi connectivity index (χ4v) is 3.92. The van der Waals surface area contributed by atoms with Crippen LogP contribution in [0.15, 0.2) is 29.0 Å². The lowest BCUT2D eigenvalue weighted by molar-refractivity contribution is 0.0996.